The zero-order valence-electron chi connectivity index (χ0n) is 15.2. The highest BCUT2D eigenvalue weighted by Crippen LogP contribution is 2.48. The van der Waals surface area contributed by atoms with Crippen LogP contribution in [0.25, 0.3) is 0 Å². The van der Waals surface area contributed by atoms with Gasteiger partial charge in [0.15, 0.2) is 0 Å². The van der Waals surface area contributed by atoms with E-state index >= 15 is 0 Å². The third-order valence-electron chi connectivity index (χ3n) is 5.44. The van der Waals surface area contributed by atoms with Crippen LogP contribution in [0.5, 0.6) is 0 Å². The van der Waals surface area contributed by atoms with E-state index in [1.54, 1.807) is 0 Å². The van der Waals surface area contributed by atoms with E-state index in [1.807, 2.05) is 0 Å². The van der Waals surface area contributed by atoms with Gasteiger partial charge >= 0.3 is 0 Å². The standard InChI is InChI=1S/C17H23F2N3O4S2/c18-17(19)5-4-10(15(20)23)12(9-17)14-11(16(21)24)8-13(27-14)28(25,26)22-6-2-1-3-7-22/h8,10,12H,1-7,9H2,(H2,20,23)(H2,21,24). The first kappa shape index (κ1) is 21.1. The van der Waals surface area contributed by atoms with E-state index < -0.39 is 52.4 Å². The molecule has 1 saturated heterocycles. The Kier molecular flexibility index (Phi) is 5.79. The Balaban J connectivity index is 2.05. The van der Waals surface area contributed by atoms with Crippen LogP contribution in [0.1, 0.15) is 59.7 Å². The fourth-order valence-corrected chi connectivity index (χ4v) is 7.29. The van der Waals surface area contributed by atoms with E-state index in [0.717, 1.165) is 36.7 Å². The Morgan fingerprint density at radius 2 is 1.82 bits per heavy atom. The van der Waals surface area contributed by atoms with Crippen LogP contribution in [0.2, 0.25) is 0 Å². The number of alkyl halides is 2. The Hall–Kier alpha value is -1.59. The topological polar surface area (TPSA) is 124 Å². The van der Waals surface area contributed by atoms with Crippen LogP contribution in [-0.2, 0) is 14.8 Å². The average Bonchev–Trinajstić information content (AvgIpc) is 3.08. The number of hydrogen-bond donors (Lipinski definition) is 2. The molecule has 1 aromatic heterocycles. The first-order chi connectivity index (χ1) is 13.0. The van der Waals surface area contributed by atoms with E-state index in [9.17, 15) is 26.8 Å². The molecule has 0 aromatic carbocycles. The fraction of sp³-hybridized carbons (Fsp3) is 0.647. The fourth-order valence-electron chi connectivity index (χ4n) is 3.96. The molecule has 28 heavy (non-hydrogen) atoms. The van der Waals surface area contributed by atoms with Gasteiger partial charge in [0.05, 0.1) is 5.56 Å². The smallest absolute Gasteiger partial charge is 0.252 e. The van der Waals surface area contributed by atoms with Crippen LogP contribution in [0.4, 0.5) is 8.78 Å². The van der Waals surface area contributed by atoms with Gasteiger partial charge in [-0.05, 0) is 25.3 Å². The predicted octanol–water partition coefficient (Wildman–Crippen LogP) is 2.03. The molecule has 1 aliphatic carbocycles. The van der Waals surface area contributed by atoms with Gasteiger partial charge in [0.2, 0.25) is 17.7 Å². The minimum absolute atomic E-state index is 0.103. The third kappa shape index (κ3) is 4.06. The van der Waals surface area contributed by atoms with Crippen molar-refractivity contribution in [3.63, 3.8) is 0 Å². The van der Waals surface area contributed by atoms with Gasteiger partial charge in [0, 0.05) is 42.6 Å². The maximum Gasteiger partial charge on any atom is 0.252 e. The van der Waals surface area contributed by atoms with Crippen molar-refractivity contribution in [1.29, 1.82) is 0 Å². The largest absolute Gasteiger partial charge is 0.369 e. The molecular weight excluding hydrogens is 412 g/mol. The summed E-state index contributed by atoms with van der Waals surface area (Å²) in [7, 11) is -3.86. The number of carbonyl (C=O) groups excluding carboxylic acids is 2. The molecule has 1 aromatic rings. The lowest BCUT2D eigenvalue weighted by Gasteiger charge is -2.34. The van der Waals surface area contributed by atoms with E-state index in [0.29, 0.717) is 13.1 Å². The van der Waals surface area contributed by atoms with Gasteiger partial charge in [-0.2, -0.15) is 4.31 Å². The minimum atomic E-state index is -3.86. The van der Waals surface area contributed by atoms with Crippen molar-refractivity contribution in [2.24, 2.45) is 17.4 Å². The number of amides is 2. The highest BCUT2D eigenvalue weighted by atomic mass is 32.2. The lowest BCUT2D eigenvalue weighted by molar-refractivity contribution is -0.127. The molecule has 7 nitrogen and oxygen atoms in total. The Bertz CT molecular complexity index is 879. The summed E-state index contributed by atoms with van der Waals surface area (Å²) in [5, 5.41) is 0. The number of carbonyl (C=O) groups is 2. The summed E-state index contributed by atoms with van der Waals surface area (Å²) in [6, 6.07) is 1.15. The second kappa shape index (κ2) is 7.68. The molecule has 2 fully saturated rings. The Labute approximate surface area is 166 Å². The predicted molar refractivity (Wildman–Crippen MR) is 99.7 cm³/mol. The van der Waals surface area contributed by atoms with Crippen molar-refractivity contribution in [1.82, 2.24) is 4.31 Å². The van der Waals surface area contributed by atoms with Crippen molar-refractivity contribution >= 4 is 33.2 Å². The Morgan fingerprint density at radius 3 is 2.39 bits per heavy atom. The van der Waals surface area contributed by atoms with Crippen molar-refractivity contribution in [3.05, 3.63) is 16.5 Å². The lowest BCUT2D eigenvalue weighted by atomic mass is 9.75. The van der Waals surface area contributed by atoms with Crippen LogP contribution in [0.3, 0.4) is 0 Å². The maximum atomic E-state index is 14.1. The zero-order valence-corrected chi connectivity index (χ0v) is 16.8. The normalized spacial score (nSPS) is 26.1. The van der Waals surface area contributed by atoms with Gasteiger partial charge < -0.3 is 11.5 Å². The number of nitrogens with zero attached hydrogens (tertiary/aromatic N) is 1. The number of halogens is 2. The molecule has 2 unspecified atom stereocenters. The molecule has 0 spiro atoms. The highest BCUT2D eigenvalue weighted by Gasteiger charge is 2.46. The van der Waals surface area contributed by atoms with Gasteiger partial charge in [-0.3, -0.25) is 9.59 Å². The molecule has 1 aliphatic heterocycles. The van der Waals surface area contributed by atoms with Crippen LogP contribution < -0.4 is 11.5 Å². The molecule has 11 heteroatoms. The van der Waals surface area contributed by atoms with Crippen LogP contribution in [0, 0.1) is 5.92 Å². The first-order valence-corrected chi connectivity index (χ1v) is 11.4. The molecule has 0 radical (unpaired) electrons. The van der Waals surface area contributed by atoms with Gasteiger partial charge in [-0.25, -0.2) is 17.2 Å². The second-order valence-corrected chi connectivity index (χ2v) is 10.6. The van der Waals surface area contributed by atoms with Crippen molar-refractivity contribution < 1.29 is 26.8 Å². The second-order valence-electron chi connectivity index (χ2n) is 7.39. The van der Waals surface area contributed by atoms with Crippen LogP contribution >= 0.6 is 11.3 Å². The first-order valence-electron chi connectivity index (χ1n) is 9.14. The molecule has 2 atom stereocenters. The molecule has 2 aliphatic rings. The maximum absolute atomic E-state index is 14.1. The summed E-state index contributed by atoms with van der Waals surface area (Å²) in [4.78, 5) is 23.9. The summed E-state index contributed by atoms with van der Waals surface area (Å²) in [6.07, 6.45) is 1.12. The zero-order chi connectivity index (χ0) is 20.7. The summed E-state index contributed by atoms with van der Waals surface area (Å²) in [5.74, 6) is -6.63. The lowest BCUT2D eigenvalue weighted by Crippen LogP contribution is -2.38. The molecular formula is C17H23F2N3O4S2. The molecule has 2 heterocycles. The molecule has 4 N–H and O–H groups in total. The van der Waals surface area contributed by atoms with Gasteiger partial charge in [-0.15, -0.1) is 11.3 Å². The number of sulfonamides is 1. The number of piperidine rings is 1. The minimum Gasteiger partial charge on any atom is -0.369 e. The molecule has 2 amide bonds. The number of thiophene rings is 1. The monoisotopic (exact) mass is 435 g/mol. The van der Waals surface area contributed by atoms with Gasteiger partial charge in [-0.1, -0.05) is 6.42 Å². The average molecular weight is 436 g/mol. The number of hydrogen-bond acceptors (Lipinski definition) is 5. The molecule has 3 rings (SSSR count). The third-order valence-corrected chi connectivity index (χ3v) is 9.06. The summed E-state index contributed by atoms with van der Waals surface area (Å²) in [5.41, 5.74) is 10.7. The van der Waals surface area contributed by atoms with Gasteiger partial charge in [0.25, 0.3) is 10.0 Å². The SMILES string of the molecule is NC(=O)c1cc(S(=O)(=O)N2CCCCC2)sc1C1CC(F)(F)CCC1C(N)=O. The van der Waals surface area contributed by atoms with E-state index in [4.69, 9.17) is 11.5 Å². The number of rotatable bonds is 5. The van der Waals surface area contributed by atoms with E-state index in [2.05, 4.69) is 0 Å². The van der Waals surface area contributed by atoms with Crippen molar-refractivity contribution in [2.75, 3.05) is 13.1 Å². The van der Waals surface area contributed by atoms with Crippen molar-refractivity contribution in [3.8, 4) is 0 Å². The highest BCUT2D eigenvalue weighted by molar-refractivity contribution is 7.91. The van der Waals surface area contributed by atoms with Gasteiger partial charge in [0.1, 0.15) is 4.21 Å². The number of primary amides is 2. The summed E-state index contributed by atoms with van der Waals surface area (Å²) >= 11 is 0.745. The van der Waals surface area contributed by atoms with Crippen molar-refractivity contribution in [2.45, 2.75) is 54.6 Å². The molecule has 1 saturated carbocycles. The summed E-state index contributed by atoms with van der Waals surface area (Å²) < 4.78 is 55.2. The van der Waals surface area contributed by atoms with Crippen LogP contribution in [-0.4, -0.2) is 43.5 Å². The van der Waals surface area contributed by atoms with E-state index in [-0.39, 0.29) is 21.1 Å². The molecule has 0 bridgehead atoms. The van der Waals surface area contributed by atoms with Crippen LogP contribution in [0.15, 0.2) is 10.3 Å². The van der Waals surface area contributed by atoms with E-state index in [1.165, 1.54) is 4.31 Å². The quantitative estimate of drug-likeness (QED) is 0.734. The summed E-state index contributed by atoms with van der Waals surface area (Å²) in [6.45, 7) is 0.736. The number of nitrogens with two attached hydrogens (primary N) is 2. The Morgan fingerprint density at radius 1 is 1.18 bits per heavy atom. The molecule has 156 valence electrons.